The van der Waals surface area contributed by atoms with Gasteiger partial charge in [0, 0.05) is 30.2 Å². The van der Waals surface area contributed by atoms with E-state index in [0.717, 1.165) is 0 Å². The number of carbonyl (C=O) groups excluding carboxylic acids is 2. The average Bonchev–Trinajstić information content (AvgIpc) is 3.53. The Morgan fingerprint density at radius 2 is 1.90 bits per heavy atom. The van der Waals surface area contributed by atoms with Gasteiger partial charge in [0.15, 0.2) is 6.10 Å². The number of aromatic nitrogens is 2. The molecular formula is C30H28F3N3O5. The van der Waals surface area contributed by atoms with Crippen LogP contribution < -0.4 is 9.64 Å². The van der Waals surface area contributed by atoms with Crippen LogP contribution in [0.2, 0.25) is 0 Å². The highest BCUT2D eigenvalue weighted by atomic mass is 19.4. The fourth-order valence-corrected chi connectivity index (χ4v) is 5.00. The van der Waals surface area contributed by atoms with E-state index >= 15 is 0 Å². The first kappa shape index (κ1) is 28.0. The number of alkyl halides is 3. The van der Waals surface area contributed by atoms with Crippen molar-refractivity contribution in [3.05, 3.63) is 77.1 Å². The summed E-state index contributed by atoms with van der Waals surface area (Å²) in [5.74, 6) is -1.51. The van der Waals surface area contributed by atoms with E-state index in [1.165, 1.54) is 18.2 Å². The summed E-state index contributed by atoms with van der Waals surface area (Å²) in [6.45, 7) is 5.01. The van der Waals surface area contributed by atoms with E-state index in [1.54, 1.807) is 38.1 Å². The van der Waals surface area contributed by atoms with Crippen LogP contribution in [0, 0.1) is 6.92 Å². The van der Waals surface area contributed by atoms with Crippen LogP contribution in [0.5, 0.6) is 11.5 Å². The van der Waals surface area contributed by atoms with Crippen molar-refractivity contribution in [2.24, 2.45) is 0 Å². The molecule has 1 aliphatic rings. The molecule has 1 amide bonds. The first-order chi connectivity index (χ1) is 19.5. The molecule has 1 atom stereocenters. The Morgan fingerprint density at radius 1 is 1.15 bits per heavy atom. The number of rotatable bonds is 7. The van der Waals surface area contributed by atoms with Crippen molar-refractivity contribution >= 4 is 28.6 Å². The number of aromatic hydroxyl groups is 1. The summed E-state index contributed by atoms with van der Waals surface area (Å²) in [5.41, 5.74) is 3.39. The Labute approximate surface area is 233 Å². The van der Waals surface area contributed by atoms with Gasteiger partial charge < -0.3 is 19.5 Å². The molecule has 2 heterocycles. The maximum absolute atomic E-state index is 13.8. The number of benzene rings is 3. The lowest BCUT2D eigenvalue weighted by atomic mass is 10.0. The van der Waals surface area contributed by atoms with Gasteiger partial charge >= 0.3 is 18.1 Å². The summed E-state index contributed by atoms with van der Waals surface area (Å²) in [4.78, 5) is 29.7. The lowest BCUT2D eigenvalue weighted by molar-refractivity contribution is -0.170. The van der Waals surface area contributed by atoms with Crippen molar-refractivity contribution in [3.63, 3.8) is 0 Å². The summed E-state index contributed by atoms with van der Waals surface area (Å²) in [6, 6.07) is 14.5. The molecule has 0 unspecified atom stereocenters. The second kappa shape index (κ2) is 10.8. The standard InChI is InChI=1S/C30H28F3N3O5/c1-4-26-34-28-22(10-7-11-23(28)37)36(26)21-9-6-8-18(17(21)3)15-35(29(39)30(31,32)33)19-12-13-20-24(14-19)40-16-25(20)41-27(38)5-2/h6-14,25,37H,4-5,15-16H2,1-3H3/t25-/m1/s1. The van der Waals surface area contributed by atoms with Crippen LogP contribution in [-0.4, -0.2) is 39.3 Å². The minimum atomic E-state index is -5.13. The third-order valence-corrected chi connectivity index (χ3v) is 7.13. The molecule has 4 aromatic rings. The molecule has 8 nitrogen and oxygen atoms in total. The van der Waals surface area contributed by atoms with Gasteiger partial charge in [-0.2, -0.15) is 13.2 Å². The lowest BCUT2D eigenvalue weighted by Crippen LogP contribution is -2.41. The molecule has 1 aliphatic heterocycles. The third-order valence-electron chi connectivity index (χ3n) is 7.13. The molecule has 3 aromatic carbocycles. The van der Waals surface area contributed by atoms with Crippen LogP contribution in [-0.2, 0) is 27.3 Å². The molecule has 0 radical (unpaired) electrons. The molecule has 1 N–H and O–H groups in total. The van der Waals surface area contributed by atoms with Gasteiger partial charge in [0.25, 0.3) is 0 Å². The average molecular weight is 568 g/mol. The second-order valence-corrected chi connectivity index (χ2v) is 9.68. The van der Waals surface area contributed by atoms with Gasteiger partial charge in [0.1, 0.15) is 29.4 Å². The second-order valence-electron chi connectivity index (χ2n) is 9.68. The summed E-state index contributed by atoms with van der Waals surface area (Å²) in [7, 11) is 0. The molecule has 0 spiro atoms. The van der Waals surface area contributed by atoms with Gasteiger partial charge in [-0.15, -0.1) is 0 Å². The SMILES string of the molecule is CCC(=O)O[C@@H]1COc2cc(N(Cc3cccc(-n4c(CC)nc5c(O)cccc54)c3C)C(=O)C(F)(F)F)ccc21. The van der Waals surface area contributed by atoms with Crippen molar-refractivity contribution in [2.75, 3.05) is 11.5 Å². The smallest absolute Gasteiger partial charge is 0.471 e. The van der Waals surface area contributed by atoms with Crippen LogP contribution >= 0.6 is 0 Å². The van der Waals surface area contributed by atoms with Crippen LogP contribution in [0.1, 0.15) is 48.9 Å². The maximum Gasteiger partial charge on any atom is 0.471 e. The zero-order valence-electron chi connectivity index (χ0n) is 22.7. The van der Waals surface area contributed by atoms with Gasteiger partial charge in [-0.3, -0.25) is 14.2 Å². The molecule has 0 fully saturated rings. The molecule has 0 bridgehead atoms. The largest absolute Gasteiger partial charge is 0.506 e. The number of para-hydroxylation sites is 1. The number of aryl methyl sites for hydroxylation is 1. The number of phenolic OH excluding ortho intramolecular Hbond substituents is 1. The number of hydrogen-bond acceptors (Lipinski definition) is 6. The van der Waals surface area contributed by atoms with E-state index in [-0.39, 0.29) is 36.8 Å². The number of amides is 1. The molecule has 0 saturated carbocycles. The Kier molecular flexibility index (Phi) is 7.37. The van der Waals surface area contributed by atoms with Crippen molar-refractivity contribution in [1.29, 1.82) is 0 Å². The number of esters is 1. The Morgan fingerprint density at radius 3 is 2.61 bits per heavy atom. The normalized spacial score (nSPS) is 14.5. The zero-order valence-corrected chi connectivity index (χ0v) is 22.7. The predicted octanol–water partition coefficient (Wildman–Crippen LogP) is 6.08. The summed E-state index contributed by atoms with van der Waals surface area (Å²) >= 11 is 0. The van der Waals surface area contributed by atoms with Crippen molar-refractivity contribution in [3.8, 4) is 17.2 Å². The Bertz CT molecular complexity index is 1650. The third kappa shape index (κ3) is 5.19. The predicted molar refractivity (Wildman–Crippen MR) is 145 cm³/mol. The molecule has 214 valence electrons. The molecule has 0 saturated heterocycles. The minimum Gasteiger partial charge on any atom is -0.506 e. The minimum absolute atomic E-state index is 0.00871. The highest BCUT2D eigenvalue weighted by Crippen LogP contribution is 2.39. The first-order valence-corrected chi connectivity index (χ1v) is 13.2. The van der Waals surface area contributed by atoms with Gasteiger partial charge in [0.05, 0.1) is 17.7 Å². The summed E-state index contributed by atoms with van der Waals surface area (Å²) in [5, 5.41) is 10.3. The van der Waals surface area contributed by atoms with Crippen molar-refractivity contribution < 1.29 is 37.3 Å². The first-order valence-electron chi connectivity index (χ1n) is 13.2. The Balaban J connectivity index is 1.55. The highest BCUT2D eigenvalue weighted by Gasteiger charge is 2.43. The molecular weight excluding hydrogens is 539 g/mol. The molecule has 1 aromatic heterocycles. The number of fused-ring (bicyclic) bond motifs is 2. The van der Waals surface area contributed by atoms with Crippen molar-refractivity contribution in [2.45, 2.75) is 52.4 Å². The Hall–Kier alpha value is -4.54. The number of anilines is 1. The van der Waals surface area contributed by atoms with E-state index in [4.69, 9.17) is 9.47 Å². The molecule has 5 rings (SSSR count). The van der Waals surface area contributed by atoms with E-state index < -0.39 is 24.2 Å². The number of imidazole rings is 1. The topological polar surface area (TPSA) is 93.9 Å². The lowest BCUT2D eigenvalue weighted by Gasteiger charge is -2.26. The monoisotopic (exact) mass is 567 g/mol. The van der Waals surface area contributed by atoms with Crippen molar-refractivity contribution in [1.82, 2.24) is 9.55 Å². The fourth-order valence-electron chi connectivity index (χ4n) is 5.00. The van der Waals surface area contributed by atoms with E-state index in [1.807, 2.05) is 23.6 Å². The number of hydrogen-bond donors (Lipinski definition) is 1. The van der Waals surface area contributed by atoms with E-state index in [0.29, 0.717) is 50.6 Å². The number of phenols is 1. The van der Waals surface area contributed by atoms with Crippen LogP contribution in [0.15, 0.2) is 54.6 Å². The van der Waals surface area contributed by atoms with Crippen LogP contribution in [0.4, 0.5) is 18.9 Å². The number of carbonyl (C=O) groups is 2. The fraction of sp³-hybridized carbons (Fsp3) is 0.300. The van der Waals surface area contributed by atoms with Crippen LogP contribution in [0.3, 0.4) is 0 Å². The molecule has 0 aliphatic carbocycles. The van der Waals surface area contributed by atoms with Gasteiger partial charge in [-0.25, -0.2) is 4.98 Å². The number of halogens is 3. The summed E-state index contributed by atoms with van der Waals surface area (Å²) < 4.78 is 54.2. The van der Waals surface area contributed by atoms with Crippen LogP contribution in [0.25, 0.3) is 16.7 Å². The highest BCUT2D eigenvalue weighted by molar-refractivity contribution is 5.97. The maximum atomic E-state index is 13.8. The number of nitrogens with zero attached hydrogens (tertiary/aromatic N) is 3. The zero-order chi connectivity index (χ0) is 29.5. The number of ether oxygens (including phenoxy) is 2. The van der Waals surface area contributed by atoms with Gasteiger partial charge in [-0.05, 0) is 48.4 Å². The van der Waals surface area contributed by atoms with Gasteiger partial charge in [0.2, 0.25) is 0 Å². The molecule has 41 heavy (non-hydrogen) atoms. The van der Waals surface area contributed by atoms with E-state index in [9.17, 15) is 27.9 Å². The van der Waals surface area contributed by atoms with Gasteiger partial charge in [-0.1, -0.05) is 32.0 Å². The summed E-state index contributed by atoms with van der Waals surface area (Å²) in [6.07, 6.45) is -5.08. The molecule has 11 heteroatoms. The quantitative estimate of drug-likeness (QED) is 0.272. The van der Waals surface area contributed by atoms with E-state index in [2.05, 4.69) is 4.98 Å².